The van der Waals surface area contributed by atoms with E-state index >= 15 is 0 Å². The summed E-state index contributed by atoms with van der Waals surface area (Å²) in [5.41, 5.74) is 6.43. The molecule has 3 aromatic rings. The Balaban J connectivity index is 1.36. The third-order valence-corrected chi connectivity index (χ3v) is 5.48. The highest BCUT2D eigenvalue weighted by atomic mass is 16.5. The summed E-state index contributed by atoms with van der Waals surface area (Å²) in [7, 11) is 1.67. The number of rotatable bonds is 8. The van der Waals surface area contributed by atoms with Crippen molar-refractivity contribution in [2.75, 3.05) is 33.4 Å². The molecule has 0 atom stereocenters. The van der Waals surface area contributed by atoms with Gasteiger partial charge in [0.25, 0.3) is 0 Å². The summed E-state index contributed by atoms with van der Waals surface area (Å²) in [6.07, 6.45) is 1.61. The Morgan fingerprint density at radius 1 is 1.18 bits per heavy atom. The van der Waals surface area contributed by atoms with Gasteiger partial charge in [-0.2, -0.15) is 10.2 Å². The van der Waals surface area contributed by atoms with Crippen LogP contribution in [0.3, 0.4) is 0 Å². The van der Waals surface area contributed by atoms with Crippen LogP contribution in [-0.2, 0) is 17.8 Å². The van der Waals surface area contributed by atoms with Gasteiger partial charge in [-0.1, -0.05) is 0 Å². The summed E-state index contributed by atoms with van der Waals surface area (Å²) < 4.78 is 18.4. The number of benzene rings is 1. The highest BCUT2D eigenvalue weighted by Crippen LogP contribution is 2.21. The van der Waals surface area contributed by atoms with Gasteiger partial charge in [0.2, 0.25) is 0 Å². The van der Waals surface area contributed by atoms with E-state index in [-0.39, 0.29) is 5.76 Å². The molecule has 3 heterocycles. The fraction of sp³-hybridized carbons (Fsp3) is 0.375. The Hall–Kier alpha value is -3.43. The number of hydrazone groups is 1. The van der Waals surface area contributed by atoms with Crippen molar-refractivity contribution >= 4 is 12.1 Å². The van der Waals surface area contributed by atoms with Crippen molar-refractivity contribution in [1.82, 2.24) is 20.1 Å². The summed E-state index contributed by atoms with van der Waals surface area (Å²) in [6.45, 7) is 8.42. The fourth-order valence-corrected chi connectivity index (χ4v) is 3.79. The minimum Gasteiger partial charge on any atom is -0.496 e. The number of aromatic nitrogens is 2. The first-order chi connectivity index (χ1) is 16.0. The zero-order valence-electron chi connectivity index (χ0n) is 19.2. The largest absolute Gasteiger partial charge is 0.496 e. The van der Waals surface area contributed by atoms with Gasteiger partial charge >= 0.3 is 5.91 Å². The highest BCUT2D eigenvalue weighted by molar-refractivity contribution is 5.92. The number of amides is 1. The van der Waals surface area contributed by atoms with E-state index in [1.807, 2.05) is 42.8 Å². The second kappa shape index (κ2) is 10.5. The quantitative estimate of drug-likeness (QED) is 0.418. The summed E-state index contributed by atoms with van der Waals surface area (Å²) in [5, 5.41) is 8.51. The molecule has 9 heteroatoms. The summed E-state index contributed by atoms with van der Waals surface area (Å²) in [5.74, 6) is 1.27. The molecule has 0 saturated carbocycles. The van der Waals surface area contributed by atoms with Gasteiger partial charge < -0.3 is 13.9 Å². The number of nitrogens with one attached hydrogen (secondary N) is 1. The standard InChI is InChI=1S/C24H29N5O4/c1-17-12-18(2)29(27-17)16-21-5-7-23(33-21)24(30)26-25-14-19-4-6-22(31-3)20(13-19)15-28-8-10-32-11-9-28/h4-7,12-14H,8-11,15-16H2,1-3H3,(H,26,30)/b25-14+. The minimum absolute atomic E-state index is 0.200. The minimum atomic E-state index is -0.409. The van der Waals surface area contributed by atoms with Gasteiger partial charge in [-0.25, -0.2) is 5.43 Å². The molecule has 1 amide bonds. The summed E-state index contributed by atoms with van der Waals surface area (Å²) >= 11 is 0. The van der Waals surface area contributed by atoms with Gasteiger partial charge in [-0.15, -0.1) is 0 Å². The second-order valence-corrected chi connectivity index (χ2v) is 8.01. The molecule has 0 spiro atoms. The molecule has 1 aromatic carbocycles. The molecule has 9 nitrogen and oxygen atoms in total. The van der Waals surface area contributed by atoms with Crippen LogP contribution in [0.2, 0.25) is 0 Å². The SMILES string of the molecule is COc1ccc(/C=N/NC(=O)c2ccc(Cn3nc(C)cc3C)o2)cc1CN1CCOCC1. The van der Waals surface area contributed by atoms with Crippen LogP contribution in [0.1, 0.15) is 38.8 Å². The molecular formula is C24H29N5O4. The van der Waals surface area contributed by atoms with Crippen molar-refractivity contribution in [3.8, 4) is 5.75 Å². The lowest BCUT2D eigenvalue weighted by molar-refractivity contribution is 0.0339. The van der Waals surface area contributed by atoms with Crippen LogP contribution in [0, 0.1) is 13.8 Å². The smallest absolute Gasteiger partial charge is 0.307 e. The van der Waals surface area contributed by atoms with Gasteiger partial charge in [-0.05, 0) is 55.8 Å². The van der Waals surface area contributed by atoms with Crippen molar-refractivity contribution in [3.05, 3.63) is 70.4 Å². The summed E-state index contributed by atoms with van der Waals surface area (Å²) in [6, 6.07) is 11.2. The number of methoxy groups -OCH3 is 1. The number of carbonyl (C=O) groups is 1. The van der Waals surface area contributed by atoms with E-state index in [0.717, 1.165) is 61.1 Å². The van der Waals surface area contributed by atoms with Crippen molar-refractivity contribution in [3.63, 3.8) is 0 Å². The Bertz CT molecular complexity index is 1130. The molecule has 33 heavy (non-hydrogen) atoms. The normalized spacial score (nSPS) is 14.6. The first kappa shape index (κ1) is 22.8. The topological polar surface area (TPSA) is 94.1 Å². The van der Waals surface area contributed by atoms with E-state index < -0.39 is 5.91 Å². The number of hydrogen-bond donors (Lipinski definition) is 1. The second-order valence-electron chi connectivity index (χ2n) is 8.01. The zero-order valence-corrected chi connectivity index (χ0v) is 19.2. The van der Waals surface area contributed by atoms with E-state index in [1.165, 1.54) is 0 Å². The van der Waals surface area contributed by atoms with Crippen LogP contribution in [0.5, 0.6) is 5.75 Å². The molecule has 4 rings (SSSR count). The Kier molecular flexibility index (Phi) is 7.21. The number of aryl methyl sites for hydroxylation is 2. The predicted molar refractivity (Wildman–Crippen MR) is 124 cm³/mol. The maximum Gasteiger partial charge on any atom is 0.307 e. The molecule has 0 unspecified atom stereocenters. The lowest BCUT2D eigenvalue weighted by Gasteiger charge is -2.27. The Labute approximate surface area is 193 Å². The van der Waals surface area contributed by atoms with Gasteiger partial charge in [0.05, 0.1) is 38.8 Å². The van der Waals surface area contributed by atoms with Crippen LogP contribution in [0.25, 0.3) is 0 Å². The fourth-order valence-electron chi connectivity index (χ4n) is 3.79. The average Bonchev–Trinajstić information content (AvgIpc) is 3.40. The van der Waals surface area contributed by atoms with Gasteiger partial charge in [-0.3, -0.25) is 14.4 Å². The van der Waals surface area contributed by atoms with E-state index in [9.17, 15) is 4.79 Å². The van der Waals surface area contributed by atoms with Crippen molar-refractivity contribution in [2.24, 2.45) is 5.10 Å². The Morgan fingerprint density at radius 2 is 2.00 bits per heavy atom. The zero-order chi connectivity index (χ0) is 23.2. The third-order valence-electron chi connectivity index (χ3n) is 5.48. The number of ether oxygens (including phenoxy) is 2. The molecule has 1 aliphatic rings. The monoisotopic (exact) mass is 451 g/mol. The number of nitrogens with zero attached hydrogens (tertiary/aromatic N) is 4. The van der Waals surface area contributed by atoms with Gasteiger partial charge in [0.15, 0.2) is 5.76 Å². The maximum atomic E-state index is 12.4. The molecule has 174 valence electrons. The number of carbonyl (C=O) groups excluding carboxylic acids is 1. The number of morpholine rings is 1. The van der Waals surface area contributed by atoms with Crippen LogP contribution in [0.4, 0.5) is 0 Å². The first-order valence-corrected chi connectivity index (χ1v) is 10.9. The third kappa shape index (κ3) is 5.88. The van der Waals surface area contributed by atoms with Crippen LogP contribution < -0.4 is 10.2 Å². The lowest BCUT2D eigenvalue weighted by Crippen LogP contribution is -2.35. The van der Waals surface area contributed by atoms with Gasteiger partial charge in [0, 0.05) is 30.9 Å². The first-order valence-electron chi connectivity index (χ1n) is 10.9. The van der Waals surface area contributed by atoms with Crippen LogP contribution in [0.15, 0.2) is 45.9 Å². The average molecular weight is 452 g/mol. The predicted octanol–water partition coefficient (Wildman–Crippen LogP) is 2.75. The van der Waals surface area contributed by atoms with E-state index in [2.05, 4.69) is 20.5 Å². The van der Waals surface area contributed by atoms with Crippen molar-refractivity contribution < 1.29 is 18.7 Å². The molecular weight excluding hydrogens is 422 g/mol. The molecule has 1 aliphatic heterocycles. The van der Waals surface area contributed by atoms with Crippen molar-refractivity contribution in [2.45, 2.75) is 26.9 Å². The molecule has 1 saturated heterocycles. The van der Waals surface area contributed by atoms with E-state index in [0.29, 0.717) is 12.3 Å². The Morgan fingerprint density at radius 3 is 2.73 bits per heavy atom. The maximum absolute atomic E-state index is 12.4. The number of furan rings is 1. The molecule has 0 aliphatic carbocycles. The van der Waals surface area contributed by atoms with Crippen molar-refractivity contribution in [1.29, 1.82) is 0 Å². The molecule has 0 radical (unpaired) electrons. The number of hydrogen-bond acceptors (Lipinski definition) is 7. The molecule has 1 N–H and O–H groups in total. The van der Waals surface area contributed by atoms with Crippen LogP contribution >= 0.6 is 0 Å². The van der Waals surface area contributed by atoms with Gasteiger partial charge in [0.1, 0.15) is 11.5 Å². The summed E-state index contributed by atoms with van der Waals surface area (Å²) in [4.78, 5) is 14.7. The molecule has 2 aromatic heterocycles. The molecule has 1 fully saturated rings. The van der Waals surface area contributed by atoms with E-state index in [4.69, 9.17) is 13.9 Å². The lowest BCUT2D eigenvalue weighted by atomic mass is 10.1. The highest BCUT2D eigenvalue weighted by Gasteiger charge is 2.14. The van der Waals surface area contributed by atoms with E-state index in [1.54, 1.807) is 25.5 Å². The van der Waals surface area contributed by atoms with Crippen LogP contribution in [-0.4, -0.2) is 60.2 Å². The molecule has 0 bridgehead atoms.